The van der Waals surface area contributed by atoms with E-state index in [1.807, 2.05) is 0 Å². The second kappa shape index (κ2) is 6.04. The summed E-state index contributed by atoms with van der Waals surface area (Å²) in [7, 11) is 0. The third-order valence-corrected chi connectivity index (χ3v) is 9.48. The van der Waals surface area contributed by atoms with Crippen molar-refractivity contribution in [2.75, 3.05) is 0 Å². The Bertz CT molecular complexity index is 672. The Morgan fingerprint density at radius 2 is 1.19 bits per heavy atom. The van der Waals surface area contributed by atoms with E-state index in [1.165, 1.54) is 24.3 Å². The van der Waals surface area contributed by atoms with Crippen LogP contribution in [0.3, 0.4) is 0 Å². The number of phenolic OH excluding ortho intramolecular Hbond substituents is 2. The molecule has 2 aromatic carbocycles. The molecule has 2 rings (SSSR count). The maximum absolute atomic E-state index is 10.8. The summed E-state index contributed by atoms with van der Waals surface area (Å²) in [6.45, 7) is 0. The van der Waals surface area contributed by atoms with Gasteiger partial charge in [0.1, 0.15) is 0 Å². The van der Waals surface area contributed by atoms with Crippen LogP contribution in [-0.2, 0) is 24.6 Å². The van der Waals surface area contributed by atoms with Crippen LogP contribution in [-0.4, -0.2) is 20.1 Å². The van der Waals surface area contributed by atoms with Crippen molar-refractivity contribution in [2.45, 2.75) is 0 Å². The van der Waals surface area contributed by atoms with Gasteiger partial charge in [0.2, 0.25) is 0 Å². The summed E-state index contributed by atoms with van der Waals surface area (Å²) in [5.74, 6) is -0.817. The van der Waals surface area contributed by atoms with Crippen LogP contribution in [0, 0.1) is 20.2 Å². The van der Waals surface area contributed by atoms with Gasteiger partial charge in [-0.2, -0.15) is 0 Å². The zero-order chi connectivity index (χ0) is 15.6. The quantitative estimate of drug-likeness (QED) is 0.384. The van der Waals surface area contributed by atoms with E-state index in [0.717, 1.165) is 6.14 Å². The number of nitro benzene ring substituents is 2. The molecule has 9 heteroatoms. The van der Waals surface area contributed by atoms with E-state index in [0.29, 0.717) is 0 Å². The molecule has 104 valence electrons. The Labute approximate surface area is 130 Å². The molecule has 0 unspecified atom stereocenters. The molecule has 0 radical (unpaired) electrons. The molecule has 0 saturated heterocycles. The van der Waals surface area contributed by atoms with Crippen LogP contribution < -0.4 is 6.14 Å². The van der Waals surface area contributed by atoms with Crippen LogP contribution in [0.5, 0.6) is 11.5 Å². The summed E-state index contributed by atoms with van der Waals surface area (Å²) >= 11 is -2.04. The van der Waals surface area contributed by atoms with E-state index in [9.17, 15) is 30.4 Å². The maximum atomic E-state index is 10.8. The Morgan fingerprint density at radius 1 is 0.810 bits per heavy atom. The first kappa shape index (κ1) is 15.2. The van der Waals surface area contributed by atoms with Gasteiger partial charge in [-0.1, -0.05) is 0 Å². The molecule has 8 nitrogen and oxygen atoms in total. The fourth-order valence-electron chi connectivity index (χ4n) is 1.89. The van der Waals surface area contributed by atoms with Gasteiger partial charge in [-0.05, 0) is 0 Å². The Hall–Kier alpha value is -2.22. The molecular formula is C12H8HgN2O6. The second-order valence-corrected chi connectivity index (χ2v) is 12.1. The van der Waals surface area contributed by atoms with Crippen molar-refractivity contribution in [1.82, 2.24) is 0 Å². The summed E-state index contributed by atoms with van der Waals surface area (Å²) in [5, 5.41) is 40.3. The number of benzene rings is 2. The number of rotatable bonds is 4. The first-order valence-corrected chi connectivity index (χ1v) is 11.3. The van der Waals surface area contributed by atoms with Gasteiger partial charge < -0.3 is 0 Å². The standard InChI is InChI=1S/2C6H4NO3.Hg/c2*8-6-4-2-1-3-5(6)7(9)10;/h2*2-4,8H;. The van der Waals surface area contributed by atoms with E-state index in [1.54, 1.807) is 12.1 Å². The summed E-state index contributed by atoms with van der Waals surface area (Å²) in [4.78, 5) is 20.2. The molecule has 0 aliphatic carbocycles. The molecule has 0 saturated carbocycles. The molecule has 0 spiro atoms. The zero-order valence-electron chi connectivity index (χ0n) is 10.6. The summed E-state index contributed by atoms with van der Waals surface area (Å²) in [6, 6.07) is 8.28. The SMILES string of the molecule is O=[N+]([O-])c1c[c]([Hg][c]2ccc(O)c([N+](=O)[O-])c2)ccc1O. The number of nitro groups is 2. The predicted molar refractivity (Wildman–Crippen MR) is 68.8 cm³/mol. The summed E-state index contributed by atoms with van der Waals surface area (Å²) < 4.78 is 1.47. The van der Waals surface area contributed by atoms with Gasteiger partial charge in [-0.3, -0.25) is 0 Å². The monoisotopic (exact) mass is 478 g/mol. The number of hydrogen-bond acceptors (Lipinski definition) is 6. The van der Waals surface area contributed by atoms with Crippen molar-refractivity contribution in [3.8, 4) is 11.5 Å². The van der Waals surface area contributed by atoms with Gasteiger partial charge >= 0.3 is 130 Å². The first-order valence-electron chi connectivity index (χ1n) is 5.81. The van der Waals surface area contributed by atoms with E-state index in [4.69, 9.17) is 0 Å². The molecule has 0 heterocycles. The first-order chi connectivity index (χ1) is 9.88. The number of aromatic hydroxyl groups is 2. The molecule has 0 fully saturated rings. The normalized spacial score (nSPS) is 9.90. The summed E-state index contributed by atoms with van der Waals surface area (Å²) in [6.07, 6.45) is 0. The van der Waals surface area contributed by atoms with Crippen LogP contribution in [0.4, 0.5) is 11.4 Å². The molecular weight excluding hydrogens is 469 g/mol. The van der Waals surface area contributed by atoms with E-state index >= 15 is 0 Å². The summed E-state index contributed by atoms with van der Waals surface area (Å²) in [5.41, 5.74) is -0.749. The zero-order valence-corrected chi connectivity index (χ0v) is 16.1. The average Bonchev–Trinajstić information content (AvgIpc) is 2.42. The molecule has 0 aliphatic rings. The van der Waals surface area contributed by atoms with Crippen molar-refractivity contribution in [3.63, 3.8) is 0 Å². The van der Waals surface area contributed by atoms with Crippen molar-refractivity contribution in [3.05, 3.63) is 56.6 Å². The van der Waals surface area contributed by atoms with Gasteiger partial charge in [-0.25, -0.2) is 0 Å². The minimum atomic E-state index is -2.04. The van der Waals surface area contributed by atoms with Crippen LogP contribution in [0.15, 0.2) is 36.4 Å². The van der Waals surface area contributed by atoms with Gasteiger partial charge in [-0.15, -0.1) is 0 Å². The second-order valence-electron chi connectivity index (χ2n) is 4.34. The molecule has 0 amide bonds. The molecule has 0 bridgehead atoms. The van der Waals surface area contributed by atoms with Crippen molar-refractivity contribution in [2.24, 2.45) is 0 Å². The average molecular weight is 477 g/mol. The Morgan fingerprint density at radius 3 is 1.52 bits per heavy atom. The molecule has 2 N–H and O–H groups in total. The van der Waals surface area contributed by atoms with Crippen LogP contribution >= 0.6 is 0 Å². The van der Waals surface area contributed by atoms with E-state index in [2.05, 4.69) is 0 Å². The molecule has 0 aromatic heterocycles. The topological polar surface area (TPSA) is 127 Å². The fraction of sp³-hybridized carbons (Fsp3) is 0. The number of nitrogens with zero attached hydrogens (tertiary/aromatic N) is 2. The van der Waals surface area contributed by atoms with Crippen LogP contribution in [0.1, 0.15) is 0 Å². The molecule has 0 atom stereocenters. The van der Waals surface area contributed by atoms with E-state index in [-0.39, 0.29) is 11.4 Å². The van der Waals surface area contributed by atoms with Crippen LogP contribution in [0.2, 0.25) is 0 Å². The fourth-order valence-corrected chi connectivity index (χ4v) is 7.85. The third-order valence-electron chi connectivity index (χ3n) is 2.88. The van der Waals surface area contributed by atoms with Gasteiger partial charge in [0.15, 0.2) is 0 Å². The van der Waals surface area contributed by atoms with Crippen molar-refractivity contribution < 1.29 is 44.6 Å². The molecule has 2 aromatic rings. The Balaban J connectivity index is 2.34. The van der Waals surface area contributed by atoms with Crippen LogP contribution in [0.25, 0.3) is 0 Å². The predicted octanol–water partition coefficient (Wildman–Crippen LogP) is 0.947. The molecule has 0 aliphatic heterocycles. The minimum absolute atomic E-state index is 0.374. The van der Waals surface area contributed by atoms with E-state index < -0.39 is 45.9 Å². The van der Waals surface area contributed by atoms with Crippen molar-refractivity contribution >= 4 is 17.5 Å². The Kier molecular flexibility index (Phi) is 4.36. The van der Waals surface area contributed by atoms with Gasteiger partial charge in [0, 0.05) is 0 Å². The molecule has 21 heavy (non-hydrogen) atoms. The van der Waals surface area contributed by atoms with Crippen molar-refractivity contribution in [1.29, 1.82) is 0 Å². The van der Waals surface area contributed by atoms with Gasteiger partial charge in [0.05, 0.1) is 0 Å². The van der Waals surface area contributed by atoms with Gasteiger partial charge in [0.25, 0.3) is 0 Å². The third kappa shape index (κ3) is 3.46. The number of hydrogen-bond donors (Lipinski definition) is 2. The number of phenols is 2.